The van der Waals surface area contributed by atoms with Crippen molar-refractivity contribution in [2.24, 2.45) is 0 Å². The molecule has 2 aromatic carbocycles. The Morgan fingerprint density at radius 1 is 1.04 bits per heavy atom. The van der Waals surface area contributed by atoms with Crippen molar-refractivity contribution in [2.75, 3.05) is 14.2 Å². The molecule has 5 heteroatoms. The maximum atomic E-state index is 12.5. The number of carbonyl (C=O) groups excluding carboxylic acids is 2. The van der Waals surface area contributed by atoms with Crippen molar-refractivity contribution in [3.8, 4) is 5.75 Å². The Morgan fingerprint density at radius 2 is 1.64 bits per heavy atom. The molecule has 1 fully saturated rings. The van der Waals surface area contributed by atoms with Gasteiger partial charge in [0.25, 0.3) is 11.7 Å². The first-order valence-corrected chi connectivity index (χ1v) is 7.89. The quantitative estimate of drug-likeness (QED) is 0.531. The molecule has 128 valence electrons. The van der Waals surface area contributed by atoms with E-state index in [-0.39, 0.29) is 11.3 Å². The Labute approximate surface area is 146 Å². The first-order chi connectivity index (χ1) is 11.9. The minimum absolute atomic E-state index is 0.0986. The summed E-state index contributed by atoms with van der Waals surface area (Å²) in [6, 6.07) is 13.6. The Hall–Kier alpha value is -3.08. The van der Waals surface area contributed by atoms with Gasteiger partial charge in [-0.1, -0.05) is 42.0 Å². The molecule has 1 aliphatic heterocycles. The standard InChI is InChI=1S/C20H19NO4/c1-12-4-6-14(7-5-12)18(22)16-17(21(2)20(24)19(16)23)13-8-10-15(25-3)11-9-13/h4-11,17,22H,1-3H3/b18-16+. The maximum absolute atomic E-state index is 12.5. The average Bonchev–Trinajstić information content (AvgIpc) is 2.86. The zero-order chi connectivity index (χ0) is 18.1. The first-order valence-electron chi connectivity index (χ1n) is 7.89. The summed E-state index contributed by atoms with van der Waals surface area (Å²) in [5.74, 6) is -0.797. The van der Waals surface area contributed by atoms with Crippen molar-refractivity contribution in [1.82, 2.24) is 4.90 Å². The molecule has 1 N–H and O–H groups in total. The van der Waals surface area contributed by atoms with Gasteiger partial charge in [0.1, 0.15) is 11.5 Å². The van der Waals surface area contributed by atoms with Crippen LogP contribution in [0, 0.1) is 6.92 Å². The zero-order valence-corrected chi connectivity index (χ0v) is 14.3. The first kappa shape index (κ1) is 16.8. The maximum Gasteiger partial charge on any atom is 0.295 e. The lowest BCUT2D eigenvalue weighted by molar-refractivity contribution is -0.139. The molecule has 0 aromatic heterocycles. The smallest absolute Gasteiger partial charge is 0.295 e. The number of nitrogens with zero attached hydrogens (tertiary/aromatic N) is 1. The van der Waals surface area contributed by atoms with Crippen LogP contribution >= 0.6 is 0 Å². The highest BCUT2D eigenvalue weighted by Gasteiger charge is 2.44. The normalized spacial score (nSPS) is 19.3. The number of hydrogen-bond donors (Lipinski definition) is 1. The van der Waals surface area contributed by atoms with Gasteiger partial charge in [-0.15, -0.1) is 0 Å². The third-order valence-corrected chi connectivity index (χ3v) is 4.43. The van der Waals surface area contributed by atoms with Gasteiger partial charge in [-0.3, -0.25) is 9.59 Å². The highest BCUT2D eigenvalue weighted by atomic mass is 16.5. The summed E-state index contributed by atoms with van der Waals surface area (Å²) in [4.78, 5) is 26.0. The van der Waals surface area contributed by atoms with Crippen LogP contribution in [0.3, 0.4) is 0 Å². The molecule has 1 amide bonds. The van der Waals surface area contributed by atoms with Crippen LogP contribution in [-0.4, -0.2) is 35.9 Å². The molecule has 1 saturated heterocycles. The summed E-state index contributed by atoms with van der Waals surface area (Å²) in [6.45, 7) is 1.94. The van der Waals surface area contributed by atoms with Crippen LogP contribution in [0.4, 0.5) is 0 Å². The zero-order valence-electron chi connectivity index (χ0n) is 14.3. The van der Waals surface area contributed by atoms with Crippen molar-refractivity contribution < 1.29 is 19.4 Å². The van der Waals surface area contributed by atoms with Crippen LogP contribution in [0.25, 0.3) is 5.76 Å². The van der Waals surface area contributed by atoms with Gasteiger partial charge < -0.3 is 14.7 Å². The van der Waals surface area contributed by atoms with E-state index in [9.17, 15) is 14.7 Å². The number of hydrogen-bond acceptors (Lipinski definition) is 4. The van der Waals surface area contributed by atoms with E-state index in [4.69, 9.17) is 4.74 Å². The number of carbonyl (C=O) groups is 2. The lowest BCUT2D eigenvalue weighted by Crippen LogP contribution is -2.24. The minimum atomic E-state index is -0.679. The monoisotopic (exact) mass is 337 g/mol. The van der Waals surface area contributed by atoms with Gasteiger partial charge in [0.2, 0.25) is 0 Å². The Bertz CT molecular complexity index is 850. The van der Waals surface area contributed by atoms with Crippen LogP contribution < -0.4 is 4.74 Å². The molecule has 0 radical (unpaired) electrons. The number of ketones is 1. The molecule has 3 rings (SSSR count). The Morgan fingerprint density at radius 3 is 2.20 bits per heavy atom. The largest absolute Gasteiger partial charge is 0.507 e. The molecule has 0 saturated carbocycles. The summed E-state index contributed by atoms with van der Waals surface area (Å²) in [5, 5.41) is 10.7. The molecule has 2 aromatic rings. The molecule has 1 unspecified atom stereocenters. The van der Waals surface area contributed by atoms with E-state index in [2.05, 4.69) is 0 Å². The predicted molar refractivity (Wildman–Crippen MR) is 94.2 cm³/mol. The highest BCUT2D eigenvalue weighted by Crippen LogP contribution is 2.38. The van der Waals surface area contributed by atoms with E-state index in [0.29, 0.717) is 11.3 Å². The number of benzene rings is 2. The lowest BCUT2D eigenvalue weighted by Gasteiger charge is -2.21. The molecule has 5 nitrogen and oxygen atoms in total. The molecule has 0 aliphatic carbocycles. The van der Waals surface area contributed by atoms with Gasteiger partial charge >= 0.3 is 0 Å². The van der Waals surface area contributed by atoms with Crippen LogP contribution in [0.15, 0.2) is 54.1 Å². The van der Waals surface area contributed by atoms with Crippen molar-refractivity contribution in [2.45, 2.75) is 13.0 Å². The summed E-state index contributed by atoms with van der Waals surface area (Å²) in [7, 11) is 3.13. The molecular weight excluding hydrogens is 318 g/mol. The second-order valence-corrected chi connectivity index (χ2v) is 6.05. The van der Waals surface area contributed by atoms with Crippen LogP contribution in [0.1, 0.15) is 22.7 Å². The van der Waals surface area contributed by atoms with Gasteiger partial charge in [0.05, 0.1) is 18.7 Å². The van der Waals surface area contributed by atoms with Crippen molar-refractivity contribution in [3.63, 3.8) is 0 Å². The molecule has 25 heavy (non-hydrogen) atoms. The number of aryl methyl sites for hydroxylation is 1. The lowest BCUT2D eigenvalue weighted by atomic mass is 9.95. The molecular formula is C20H19NO4. The fourth-order valence-corrected chi connectivity index (χ4v) is 2.99. The third kappa shape index (κ3) is 2.89. The average molecular weight is 337 g/mol. The second kappa shape index (κ2) is 6.43. The number of likely N-dealkylation sites (N-methyl/N-ethyl adjacent to an activating group) is 1. The van der Waals surface area contributed by atoms with Crippen molar-refractivity contribution >= 4 is 17.4 Å². The Kier molecular flexibility index (Phi) is 4.31. The predicted octanol–water partition coefficient (Wildman–Crippen LogP) is 3.06. The van der Waals surface area contributed by atoms with E-state index in [0.717, 1.165) is 11.1 Å². The van der Waals surface area contributed by atoms with Crippen molar-refractivity contribution in [1.29, 1.82) is 0 Å². The molecule has 1 aliphatic rings. The van der Waals surface area contributed by atoms with E-state index in [1.807, 2.05) is 19.1 Å². The van der Waals surface area contributed by atoms with Crippen LogP contribution in [0.5, 0.6) is 5.75 Å². The van der Waals surface area contributed by atoms with E-state index < -0.39 is 17.7 Å². The third-order valence-electron chi connectivity index (χ3n) is 4.43. The number of aliphatic hydroxyl groups excluding tert-OH is 1. The summed E-state index contributed by atoms with van der Waals surface area (Å²) in [6.07, 6.45) is 0. The number of likely N-dealkylation sites (tertiary alicyclic amines) is 1. The minimum Gasteiger partial charge on any atom is -0.507 e. The highest BCUT2D eigenvalue weighted by molar-refractivity contribution is 6.46. The van der Waals surface area contributed by atoms with Gasteiger partial charge in [-0.25, -0.2) is 0 Å². The van der Waals surface area contributed by atoms with Gasteiger partial charge in [-0.2, -0.15) is 0 Å². The van der Waals surface area contributed by atoms with E-state index >= 15 is 0 Å². The number of ether oxygens (including phenoxy) is 1. The molecule has 1 heterocycles. The fraction of sp³-hybridized carbons (Fsp3) is 0.200. The van der Waals surface area contributed by atoms with Gasteiger partial charge in [0, 0.05) is 12.6 Å². The number of rotatable bonds is 3. The topological polar surface area (TPSA) is 66.8 Å². The van der Waals surface area contributed by atoms with Crippen LogP contribution in [-0.2, 0) is 9.59 Å². The van der Waals surface area contributed by atoms with Gasteiger partial charge in [-0.05, 0) is 24.6 Å². The van der Waals surface area contributed by atoms with E-state index in [1.54, 1.807) is 50.6 Å². The van der Waals surface area contributed by atoms with Gasteiger partial charge in [0.15, 0.2) is 0 Å². The number of aliphatic hydroxyl groups is 1. The fourth-order valence-electron chi connectivity index (χ4n) is 2.99. The number of Topliss-reactive ketones (excluding diaryl/α,β-unsaturated/α-hetero) is 1. The number of amides is 1. The summed E-state index contributed by atoms with van der Waals surface area (Å²) < 4.78 is 5.15. The number of methoxy groups -OCH3 is 1. The summed E-state index contributed by atoms with van der Waals surface area (Å²) >= 11 is 0. The second-order valence-electron chi connectivity index (χ2n) is 6.05. The Balaban J connectivity index is 2.13. The van der Waals surface area contributed by atoms with Crippen molar-refractivity contribution in [3.05, 3.63) is 70.8 Å². The SMILES string of the molecule is COc1ccc(C2/C(=C(\O)c3ccc(C)cc3)C(=O)C(=O)N2C)cc1. The van der Waals surface area contributed by atoms with E-state index in [1.165, 1.54) is 4.90 Å². The van der Waals surface area contributed by atoms with Crippen LogP contribution in [0.2, 0.25) is 0 Å². The summed E-state index contributed by atoms with van der Waals surface area (Å²) in [5.41, 5.74) is 2.38. The molecule has 0 spiro atoms. The molecule has 1 atom stereocenters. The molecule has 0 bridgehead atoms.